The molecule has 0 aromatic carbocycles. The number of nitrogens with zero attached hydrogens (tertiary/aromatic N) is 3. The quantitative estimate of drug-likeness (QED) is 0.711. The molecule has 0 saturated carbocycles. The number of carboxylic acid groups (broad SMARTS) is 1. The van der Waals surface area contributed by atoms with Crippen LogP contribution >= 0.6 is 11.5 Å². The van der Waals surface area contributed by atoms with Crippen LogP contribution in [-0.4, -0.2) is 37.9 Å². The Bertz CT molecular complexity index is 381. The van der Waals surface area contributed by atoms with E-state index in [0.717, 1.165) is 11.5 Å². The van der Waals surface area contributed by atoms with Crippen LogP contribution in [0.4, 0.5) is 9.93 Å². The number of carboxylic acids is 1. The summed E-state index contributed by atoms with van der Waals surface area (Å²) < 4.78 is 3.46. The first-order valence-electron chi connectivity index (χ1n) is 4.94. The summed E-state index contributed by atoms with van der Waals surface area (Å²) in [5.41, 5.74) is 0. The average Bonchev–Trinajstić information content (AvgIpc) is 2.68. The fourth-order valence-corrected chi connectivity index (χ4v) is 1.53. The maximum Gasteiger partial charge on any atom is 0.326 e. The molecule has 1 rings (SSSR count). The molecule has 9 heteroatoms. The van der Waals surface area contributed by atoms with Gasteiger partial charge < -0.3 is 10.4 Å². The van der Waals surface area contributed by atoms with E-state index < -0.39 is 18.0 Å². The molecule has 94 valence electrons. The fourth-order valence-electron chi connectivity index (χ4n) is 1.17. The molecule has 1 aromatic rings. The molecule has 3 N–H and O–H groups in total. The molecule has 0 spiro atoms. The summed E-state index contributed by atoms with van der Waals surface area (Å²) in [5.74, 6) is -0.899. The van der Waals surface area contributed by atoms with Crippen LogP contribution < -0.4 is 10.6 Å². The molecular weight excluding hydrogens is 246 g/mol. The molecule has 0 fully saturated rings. The Morgan fingerprint density at radius 2 is 2.18 bits per heavy atom. The fraction of sp³-hybridized carbons (Fsp3) is 0.625. The van der Waals surface area contributed by atoms with Crippen LogP contribution in [0.2, 0.25) is 0 Å². The van der Waals surface area contributed by atoms with Crippen LogP contribution in [0.15, 0.2) is 0 Å². The lowest BCUT2D eigenvalue weighted by Gasteiger charge is -2.15. The Hall–Kier alpha value is -1.77. The van der Waals surface area contributed by atoms with Gasteiger partial charge >= 0.3 is 12.0 Å². The lowest BCUT2D eigenvalue weighted by atomic mass is 10.0. The summed E-state index contributed by atoms with van der Waals surface area (Å²) in [4.78, 5) is 22.3. The van der Waals surface area contributed by atoms with Crippen molar-refractivity contribution in [2.75, 3.05) is 5.32 Å². The standard InChI is InChI=1S/C8H13N5O3S/c1-4(2)3-5(6(14)15)9-7(16)10-8-11-12-13-17-8/h4-5H,3H2,1-2H3,(H,14,15)(H2,9,10,11,13,16). The molecule has 0 aliphatic carbocycles. The zero-order valence-corrected chi connectivity index (χ0v) is 10.2. The van der Waals surface area contributed by atoms with Gasteiger partial charge in [-0.1, -0.05) is 23.4 Å². The number of aliphatic carboxylic acids is 1. The van der Waals surface area contributed by atoms with Gasteiger partial charge in [0.25, 0.3) is 0 Å². The van der Waals surface area contributed by atoms with Gasteiger partial charge in [0.15, 0.2) is 0 Å². The highest BCUT2D eigenvalue weighted by Gasteiger charge is 2.21. The molecule has 8 nitrogen and oxygen atoms in total. The molecule has 1 aromatic heterocycles. The molecule has 1 atom stereocenters. The molecule has 0 bridgehead atoms. The van der Waals surface area contributed by atoms with Gasteiger partial charge in [-0.25, -0.2) is 9.59 Å². The van der Waals surface area contributed by atoms with E-state index >= 15 is 0 Å². The summed E-state index contributed by atoms with van der Waals surface area (Å²) >= 11 is 0.909. The van der Waals surface area contributed by atoms with Gasteiger partial charge in [-0.15, -0.1) is 0 Å². The Kier molecular flexibility index (Phi) is 4.76. The monoisotopic (exact) mass is 259 g/mol. The van der Waals surface area contributed by atoms with Crippen molar-refractivity contribution in [2.45, 2.75) is 26.3 Å². The molecule has 0 saturated heterocycles. The van der Waals surface area contributed by atoms with Gasteiger partial charge in [0.05, 0.1) is 0 Å². The number of nitrogens with one attached hydrogen (secondary N) is 2. The van der Waals surface area contributed by atoms with Crippen LogP contribution in [0.3, 0.4) is 0 Å². The van der Waals surface area contributed by atoms with E-state index in [1.165, 1.54) is 0 Å². The SMILES string of the molecule is CC(C)CC(NC(=O)Nc1nnns1)C(=O)O. The first kappa shape index (κ1) is 13.3. The van der Waals surface area contributed by atoms with Crippen molar-refractivity contribution in [1.82, 2.24) is 20.1 Å². The summed E-state index contributed by atoms with van der Waals surface area (Å²) in [5, 5.41) is 20.6. The summed E-state index contributed by atoms with van der Waals surface area (Å²) in [6.45, 7) is 3.76. The van der Waals surface area contributed by atoms with E-state index in [1.807, 2.05) is 13.8 Å². The Balaban J connectivity index is 2.49. The van der Waals surface area contributed by atoms with Gasteiger partial charge in [-0.3, -0.25) is 5.32 Å². The first-order chi connectivity index (χ1) is 7.99. The van der Waals surface area contributed by atoms with Gasteiger partial charge in [0.2, 0.25) is 5.13 Å². The number of hydrogen-bond acceptors (Lipinski definition) is 6. The number of rotatable bonds is 5. The summed E-state index contributed by atoms with van der Waals surface area (Å²) in [7, 11) is 0. The lowest BCUT2D eigenvalue weighted by molar-refractivity contribution is -0.139. The normalized spacial score (nSPS) is 12.2. The van der Waals surface area contributed by atoms with Crippen molar-refractivity contribution < 1.29 is 14.7 Å². The molecule has 0 radical (unpaired) electrons. The molecule has 0 aliphatic heterocycles. The summed E-state index contributed by atoms with van der Waals surface area (Å²) in [6, 6.07) is -1.55. The van der Waals surface area contributed by atoms with Crippen LogP contribution in [0.1, 0.15) is 20.3 Å². The highest BCUT2D eigenvalue weighted by Crippen LogP contribution is 2.07. The van der Waals surface area contributed by atoms with Crippen LogP contribution in [0.25, 0.3) is 0 Å². The minimum atomic E-state index is -1.07. The number of hydrogen-bond donors (Lipinski definition) is 3. The molecule has 17 heavy (non-hydrogen) atoms. The second-order valence-electron chi connectivity index (χ2n) is 3.79. The van der Waals surface area contributed by atoms with Gasteiger partial charge in [-0.2, -0.15) is 0 Å². The predicted molar refractivity (Wildman–Crippen MR) is 60.7 cm³/mol. The highest BCUT2D eigenvalue weighted by molar-refractivity contribution is 7.09. The van der Waals surface area contributed by atoms with E-state index in [-0.39, 0.29) is 11.0 Å². The van der Waals surface area contributed by atoms with Crippen molar-refractivity contribution in [3.63, 3.8) is 0 Å². The van der Waals surface area contributed by atoms with E-state index in [1.54, 1.807) is 0 Å². The first-order valence-corrected chi connectivity index (χ1v) is 5.71. The number of urea groups is 1. The zero-order chi connectivity index (χ0) is 12.8. The smallest absolute Gasteiger partial charge is 0.326 e. The van der Waals surface area contributed by atoms with E-state index in [9.17, 15) is 9.59 Å². The van der Waals surface area contributed by atoms with Crippen molar-refractivity contribution in [3.8, 4) is 0 Å². The van der Waals surface area contributed by atoms with Gasteiger partial charge in [0, 0.05) is 11.5 Å². The maximum atomic E-state index is 11.4. The van der Waals surface area contributed by atoms with Crippen LogP contribution in [-0.2, 0) is 4.79 Å². The molecule has 2 amide bonds. The molecule has 1 unspecified atom stereocenters. The number of carbonyl (C=O) groups is 2. The van der Waals surface area contributed by atoms with Crippen LogP contribution in [0, 0.1) is 5.92 Å². The topological polar surface area (TPSA) is 117 Å². The van der Waals surface area contributed by atoms with Crippen molar-refractivity contribution >= 4 is 28.7 Å². The third-order valence-electron chi connectivity index (χ3n) is 1.83. The number of carbonyl (C=O) groups excluding carboxylic acids is 1. The number of aromatic nitrogens is 3. The van der Waals surface area contributed by atoms with E-state index in [4.69, 9.17) is 5.11 Å². The summed E-state index contributed by atoms with van der Waals surface area (Å²) in [6.07, 6.45) is 0.358. The van der Waals surface area contributed by atoms with Crippen molar-refractivity contribution in [1.29, 1.82) is 0 Å². The second-order valence-corrected chi connectivity index (χ2v) is 4.52. The minimum Gasteiger partial charge on any atom is -0.480 e. The lowest BCUT2D eigenvalue weighted by Crippen LogP contribution is -2.43. The van der Waals surface area contributed by atoms with E-state index in [2.05, 4.69) is 25.4 Å². The molecule has 0 aliphatic rings. The third kappa shape index (κ3) is 4.72. The second kappa shape index (κ2) is 6.09. The molecule has 1 heterocycles. The van der Waals surface area contributed by atoms with E-state index in [0.29, 0.717) is 6.42 Å². The average molecular weight is 259 g/mol. The molecular formula is C8H13N5O3S. The predicted octanol–water partition coefficient (Wildman–Crippen LogP) is 0.554. The highest BCUT2D eigenvalue weighted by atomic mass is 32.1. The third-order valence-corrected chi connectivity index (χ3v) is 2.34. The minimum absolute atomic E-state index is 0.166. The Morgan fingerprint density at radius 3 is 2.65 bits per heavy atom. The number of anilines is 1. The van der Waals surface area contributed by atoms with Crippen molar-refractivity contribution in [2.24, 2.45) is 5.92 Å². The Labute approximate surface area is 102 Å². The van der Waals surface area contributed by atoms with Gasteiger partial charge in [0.1, 0.15) is 6.04 Å². The largest absolute Gasteiger partial charge is 0.480 e. The van der Waals surface area contributed by atoms with Crippen molar-refractivity contribution in [3.05, 3.63) is 0 Å². The number of amides is 2. The Morgan fingerprint density at radius 1 is 1.47 bits per heavy atom. The van der Waals surface area contributed by atoms with Gasteiger partial charge in [-0.05, 0) is 17.6 Å². The maximum absolute atomic E-state index is 11.4. The van der Waals surface area contributed by atoms with Crippen LogP contribution in [0.5, 0.6) is 0 Å². The zero-order valence-electron chi connectivity index (χ0n) is 9.38.